The molecule has 0 fully saturated rings. The highest BCUT2D eigenvalue weighted by Gasteiger charge is 2.21. The second kappa shape index (κ2) is 12.4. The molecule has 0 aliphatic rings. The number of rotatable bonds is 11. The van der Waals surface area contributed by atoms with Gasteiger partial charge in [0, 0.05) is 31.6 Å². The molecule has 1 N–H and O–H groups in total. The van der Waals surface area contributed by atoms with Crippen molar-refractivity contribution in [2.45, 2.75) is 59.2 Å². The number of nitrogens with zero attached hydrogens (tertiary/aromatic N) is 7. The molecule has 0 amide bonds. The minimum absolute atomic E-state index is 0.292. The van der Waals surface area contributed by atoms with Crippen molar-refractivity contribution >= 4 is 11.2 Å². The molecule has 43 heavy (non-hydrogen) atoms. The summed E-state index contributed by atoms with van der Waals surface area (Å²) in [6.45, 7) is 5.18. The molecule has 0 bridgehead atoms. The topological polar surface area (TPSA) is 116 Å². The van der Waals surface area contributed by atoms with Crippen LogP contribution in [0.4, 0.5) is 0 Å². The van der Waals surface area contributed by atoms with Crippen LogP contribution in [-0.2, 0) is 32.5 Å². The fraction of sp³-hybridized carbons (Fsp3) is 0.273. The third-order valence-electron chi connectivity index (χ3n) is 7.85. The lowest BCUT2D eigenvalue weighted by atomic mass is 9.98. The number of aryl methyl sites for hydroxylation is 3. The van der Waals surface area contributed by atoms with Crippen LogP contribution in [0.2, 0.25) is 0 Å². The highest BCUT2D eigenvalue weighted by molar-refractivity contribution is 5.80. The lowest BCUT2D eigenvalue weighted by Crippen LogP contribution is -2.40. The van der Waals surface area contributed by atoms with Gasteiger partial charge in [0.1, 0.15) is 5.82 Å². The minimum Gasteiger partial charge on any atom is -0.318 e. The van der Waals surface area contributed by atoms with E-state index < -0.39 is 0 Å². The quantitative estimate of drug-likeness (QED) is 0.236. The summed E-state index contributed by atoms with van der Waals surface area (Å²) in [5, 5.41) is 14.5. The van der Waals surface area contributed by atoms with E-state index in [-0.39, 0.29) is 11.2 Å². The molecule has 0 spiro atoms. The molecule has 3 aromatic carbocycles. The molecule has 0 unspecified atom stereocenters. The number of nitrogens with one attached hydrogen (secondary N) is 1. The van der Waals surface area contributed by atoms with E-state index >= 15 is 0 Å². The van der Waals surface area contributed by atoms with Crippen molar-refractivity contribution in [3.8, 4) is 22.5 Å². The van der Waals surface area contributed by atoms with E-state index in [9.17, 15) is 9.59 Å². The van der Waals surface area contributed by atoms with E-state index in [0.717, 1.165) is 52.9 Å². The highest BCUT2D eigenvalue weighted by Crippen LogP contribution is 2.30. The van der Waals surface area contributed by atoms with Gasteiger partial charge in [-0.3, -0.25) is 13.9 Å². The molecule has 6 rings (SSSR count). The number of tetrazole rings is 1. The summed E-state index contributed by atoms with van der Waals surface area (Å²) in [6.07, 6.45) is 3.32. The largest absolute Gasteiger partial charge is 0.332 e. The predicted molar refractivity (Wildman–Crippen MR) is 167 cm³/mol. The standard InChI is InChI=1S/C33H34N8O2/c1-3-5-15-28-34-31-29(32(42)39(4-2)33(43)40(31)21-20-23-11-7-6-8-12-23)41(28)22-24-16-18-25(19-17-24)26-13-9-10-14-27(26)30-35-37-38-36-30/h6-14,16-19H,3-5,15,20-22H2,1-2H3,(H,35,36,37,38). The SMILES string of the molecule is CCCCc1nc2c(c(=O)n(CC)c(=O)n2CCc2ccccc2)n1Cc1ccc(-c2ccccc2-c2nn[nH]n2)cc1. The summed E-state index contributed by atoms with van der Waals surface area (Å²) >= 11 is 0. The average Bonchev–Trinajstić information content (AvgIpc) is 3.70. The molecule has 0 aliphatic heterocycles. The van der Waals surface area contributed by atoms with Gasteiger partial charge in [-0.25, -0.2) is 9.78 Å². The lowest BCUT2D eigenvalue weighted by Gasteiger charge is -2.13. The molecule has 3 heterocycles. The Bertz CT molecular complexity index is 1950. The van der Waals surface area contributed by atoms with Crippen LogP contribution in [0.5, 0.6) is 0 Å². The van der Waals surface area contributed by atoms with Gasteiger partial charge in [0.05, 0.1) is 0 Å². The van der Waals surface area contributed by atoms with Crippen LogP contribution in [-0.4, -0.2) is 39.3 Å². The van der Waals surface area contributed by atoms with Crippen molar-refractivity contribution in [1.82, 2.24) is 39.3 Å². The third-order valence-corrected chi connectivity index (χ3v) is 7.85. The van der Waals surface area contributed by atoms with Crippen LogP contribution < -0.4 is 11.2 Å². The summed E-state index contributed by atoms with van der Waals surface area (Å²) < 4.78 is 5.02. The van der Waals surface area contributed by atoms with E-state index in [1.54, 1.807) is 4.57 Å². The third kappa shape index (κ3) is 5.55. The molecular formula is C33H34N8O2. The van der Waals surface area contributed by atoms with Crippen LogP contribution in [0.25, 0.3) is 33.7 Å². The first kappa shape index (κ1) is 28.0. The number of aromatic nitrogens is 8. The first-order valence-corrected chi connectivity index (χ1v) is 14.8. The summed E-state index contributed by atoms with van der Waals surface area (Å²) in [7, 11) is 0. The zero-order valence-electron chi connectivity index (χ0n) is 24.4. The molecular weight excluding hydrogens is 540 g/mol. The van der Waals surface area contributed by atoms with E-state index in [1.807, 2.05) is 66.1 Å². The van der Waals surface area contributed by atoms with E-state index in [2.05, 4.69) is 51.8 Å². The summed E-state index contributed by atoms with van der Waals surface area (Å²) in [4.78, 5) is 32.2. The maximum atomic E-state index is 13.8. The minimum atomic E-state index is -0.313. The molecule has 0 radical (unpaired) electrons. The summed E-state index contributed by atoms with van der Waals surface area (Å²) in [6, 6.07) is 26.3. The molecule has 0 saturated heterocycles. The normalized spacial score (nSPS) is 11.4. The first-order chi connectivity index (χ1) is 21.1. The Morgan fingerprint density at radius 2 is 1.51 bits per heavy atom. The van der Waals surface area contributed by atoms with Gasteiger partial charge in [-0.15, -0.1) is 10.2 Å². The van der Waals surface area contributed by atoms with Gasteiger partial charge >= 0.3 is 5.69 Å². The maximum absolute atomic E-state index is 13.8. The Morgan fingerprint density at radius 3 is 2.21 bits per heavy atom. The second-order valence-electron chi connectivity index (χ2n) is 10.6. The van der Waals surface area contributed by atoms with Gasteiger partial charge in [0.2, 0.25) is 5.82 Å². The number of fused-ring (bicyclic) bond motifs is 1. The summed E-state index contributed by atoms with van der Waals surface area (Å²) in [5.41, 5.74) is 5.41. The number of H-pyrrole nitrogens is 1. The van der Waals surface area contributed by atoms with Gasteiger partial charge in [-0.05, 0) is 47.2 Å². The molecule has 218 valence electrons. The van der Waals surface area contributed by atoms with Crippen LogP contribution in [0.1, 0.15) is 43.6 Å². The molecule has 3 aromatic heterocycles. The van der Waals surface area contributed by atoms with Crippen molar-refractivity contribution in [2.75, 3.05) is 0 Å². The van der Waals surface area contributed by atoms with Crippen molar-refractivity contribution in [3.05, 3.63) is 117 Å². The summed E-state index contributed by atoms with van der Waals surface area (Å²) in [5.74, 6) is 1.36. The second-order valence-corrected chi connectivity index (χ2v) is 10.6. The molecule has 6 aromatic rings. The number of hydrogen-bond donors (Lipinski definition) is 1. The zero-order chi connectivity index (χ0) is 29.8. The Labute approximate surface area is 248 Å². The Hall–Kier alpha value is -5.12. The zero-order valence-corrected chi connectivity index (χ0v) is 24.4. The smallest absolute Gasteiger partial charge is 0.318 e. The number of unbranched alkanes of at least 4 members (excludes halogenated alkanes) is 1. The molecule has 10 nitrogen and oxygen atoms in total. The first-order valence-electron chi connectivity index (χ1n) is 14.8. The van der Waals surface area contributed by atoms with Gasteiger partial charge in [-0.1, -0.05) is 92.2 Å². The fourth-order valence-electron chi connectivity index (χ4n) is 5.58. The van der Waals surface area contributed by atoms with E-state index in [0.29, 0.717) is 43.0 Å². The van der Waals surface area contributed by atoms with Gasteiger partial charge < -0.3 is 4.57 Å². The van der Waals surface area contributed by atoms with E-state index in [1.165, 1.54) is 4.57 Å². The van der Waals surface area contributed by atoms with Gasteiger partial charge in [0.15, 0.2) is 11.2 Å². The Morgan fingerprint density at radius 1 is 0.767 bits per heavy atom. The van der Waals surface area contributed by atoms with Gasteiger partial charge in [-0.2, -0.15) is 5.21 Å². The number of aromatic amines is 1. The fourth-order valence-corrected chi connectivity index (χ4v) is 5.58. The Kier molecular flexibility index (Phi) is 8.08. The number of hydrogen-bond acceptors (Lipinski definition) is 6. The maximum Gasteiger partial charge on any atom is 0.332 e. The average molecular weight is 575 g/mol. The molecule has 0 saturated carbocycles. The Balaban J connectivity index is 1.41. The van der Waals surface area contributed by atoms with Crippen LogP contribution in [0.15, 0.2) is 88.5 Å². The van der Waals surface area contributed by atoms with Crippen molar-refractivity contribution in [3.63, 3.8) is 0 Å². The van der Waals surface area contributed by atoms with Crippen molar-refractivity contribution in [1.29, 1.82) is 0 Å². The van der Waals surface area contributed by atoms with Crippen molar-refractivity contribution in [2.24, 2.45) is 0 Å². The monoisotopic (exact) mass is 574 g/mol. The number of benzene rings is 3. The molecule has 0 aliphatic carbocycles. The highest BCUT2D eigenvalue weighted by atomic mass is 16.2. The van der Waals surface area contributed by atoms with Crippen molar-refractivity contribution < 1.29 is 0 Å². The van der Waals surface area contributed by atoms with Crippen LogP contribution >= 0.6 is 0 Å². The predicted octanol–water partition coefficient (Wildman–Crippen LogP) is 4.86. The van der Waals surface area contributed by atoms with Crippen LogP contribution in [0.3, 0.4) is 0 Å². The molecule has 0 atom stereocenters. The van der Waals surface area contributed by atoms with E-state index in [4.69, 9.17) is 4.98 Å². The molecule has 10 heteroatoms. The van der Waals surface area contributed by atoms with Gasteiger partial charge in [0.25, 0.3) is 5.56 Å². The van der Waals surface area contributed by atoms with Crippen LogP contribution in [0, 0.1) is 0 Å². The lowest BCUT2D eigenvalue weighted by molar-refractivity contribution is 0.584. The number of imidazole rings is 1.